The third-order valence-electron chi connectivity index (χ3n) is 2.81. The van der Waals surface area contributed by atoms with E-state index >= 15 is 0 Å². The molecule has 1 aromatic rings. The molecule has 0 fully saturated rings. The van der Waals surface area contributed by atoms with Crippen molar-refractivity contribution in [3.8, 4) is 11.8 Å². The lowest BCUT2D eigenvalue weighted by Crippen LogP contribution is -1.83. The van der Waals surface area contributed by atoms with Gasteiger partial charge in [0.05, 0.1) is 5.56 Å². The predicted octanol–water partition coefficient (Wildman–Crippen LogP) is 5.69. The number of rotatable bonds is 6. The molecule has 0 aromatic heterocycles. The molecule has 0 nitrogen and oxygen atoms in total. The van der Waals surface area contributed by atoms with Crippen molar-refractivity contribution in [2.75, 3.05) is 0 Å². The lowest BCUT2D eigenvalue weighted by molar-refractivity contribution is 0.613. The van der Waals surface area contributed by atoms with Crippen LogP contribution in [-0.2, 0) is 0 Å². The van der Waals surface area contributed by atoms with Gasteiger partial charge in [-0.2, -0.15) is 0 Å². The molecule has 0 amide bonds. The van der Waals surface area contributed by atoms with Crippen LogP contribution in [0.3, 0.4) is 0 Å². The summed E-state index contributed by atoms with van der Waals surface area (Å²) in [6.45, 7) is 2.22. The van der Waals surface area contributed by atoms with Crippen LogP contribution in [-0.4, -0.2) is 0 Å². The normalized spacial score (nSPS) is 9.94. The van der Waals surface area contributed by atoms with Gasteiger partial charge in [-0.3, -0.25) is 0 Å². The molecule has 0 atom stereocenters. The topological polar surface area (TPSA) is 0 Å². The fourth-order valence-corrected chi connectivity index (χ4v) is 2.08. The fraction of sp³-hybridized carbons (Fsp3) is 0.500. The average Bonchev–Trinajstić information content (AvgIpc) is 2.35. The first kappa shape index (κ1) is 15.2. The second-order valence-corrected chi connectivity index (χ2v) is 5.36. The van der Waals surface area contributed by atoms with E-state index in [0.29, 0.717) is 5.56 Å². The Kier molecular flexibility index (Phi) is 7.76. The van der Waals surface area contributed by atoms with Crippen molar-refractivity contribution >= 4 is 15.9 Å². The van der Waals surface area contributed by atoms with Crippen LogP contribution < -0.4 is 0 Å². The van der Waals surface area contributed by atoms with E-state index in [1.165, 1.54) is 38.2 Å². The average molecular weight is 311 g/mol. The Bertz CT molecular complexity index is 415. The van der Waals surface area contributed by atoms with Crippen molar-refractivity contribution in [2.24, 2.45) is 0 Å². The molecular formula is C16H20BrF. The molecule has 0 bridgehead atoms. The summed E-state index contributed by atoms with van der Waals surface area (Å²) < 4.78 is 14.2. The molecule has 0 radical (unpaired) electrons. The summed E-state index contributed by atoms with van der Waals surface area (Å²) in [5.74, 6) is 5.69. The molecule has 0 saturated heterocycles. The summed E-state index contributed by atoms with van der Waals surface area (Å²) in [4.78, 5) is 0. The molecule has 0 spiro atoms. The van der Waals surface area contributed by atoms with Crippen LogP contribution >= 0.6 is 15.9 Å². The number of halogens is 2. The lowest BCUT2D eigenvalue weighted by Gasteiger charge is -1.97. The second-order valence-electron chi connectivity index (χ2n) is 4.44. The number of hydrogen-bond acceptors (Lipinski definition) is 0. The van der Waals surface area contributed by atoms with Crippen LogP contribution in [0.25, 0.3) is 0 Å². The summed E-state index contributed by atoms with van der Waals surface area (Å²) >= 11 is 3.23. The Morgan fingerprint density at radius 3 is 2.56 bits per heavy atom. The maximum atomic E-state index is 13.4. The first-order chi connectivity index (χ1) is 8.74. The van der Waals surface area contributed by atoms with Gasteiger partial charge in [-0.25, -0.2) is 4.39 Å². The van der Waals surface area contributed by atoms with Crippen molar-refractivity contribution in [1.82, 2.24) is 0 Å². The van der Waals surface area contributed by atoms with Gasteiger partial charge in [0.1, 0.15) is 5.82 Å². The Labute approximate surface area is 118 Å². The van der Waals surface area contributed by atoms with Gasteiger partial charge in [0.25, 0.3) is 0 Å². The van der Waals surface area contributed by atoms with Gasteiger partial charge in [0.15, 0.2) is 0 Å². The van der Waals surface area contributed by atoms with Gasteiger partial charge in [-0.1, -0.05) is 66.8 Å². The van der Waals surface area contributed by atoms with Crippen molar-refractivity contribution in [3.63, 3.8) is 0 Å². The van der Waals surface area contributed by atoms with E-state index < -0.39 is 0 Å². The molecule has 0 aliphatic rings. The first-order valence-electron chi connectivity index (χ1n) is 6.68. The Morgan fingerprint density at radius 2 is 1.83 bits per heavy atom. The SMILES string of the molecule is CCCCCCCCC#Cc1ccc(Br)cc1F. The van der Waals surface area contributed by atoms with E-state index in [-0.39, 0.29) is 5.82 Å². The quantitative estimate of drug-likeness (QED) is 0.467. The predicted molar refractivity (Wildman–Crippen MR) is 79.0 cm³/mol. The molecule has 98 valence electrons. The number of unbranched alkanes of at least 4 members (excludes halogenated alkanes) is 6. The zero-order chi connectivity index (χ0) is 13.2. The Hall–Kier alpha value is -0.810. The summed E-state index contributed by atoms with van der Waals surface area (Å²) in [7, 11) is 0. The molecule has 0 unspecified atom stereocenters. The van der Waals surface area contributed by atoms with Gasteiger partial charge in [-0.15, -0.1) is 0 Å². The Balaban J connectivity index is 2.25. The van der Waals surface area contributed by atoms with E-state index in [9.17, 15) is 4.39 Å². The zero-order valence-corrected chi connectivity index (χ0v) is 12.5. The monoisotopic (exact) mass is 310 g/mol. The molecular weight excluding hydrogens is 291 g/mol. The van der Waals surface area contributed by atoms with E-state index in [2.05, 4.69) is 34.7 Å². The van der Waals surface area contributed by atoms with Crippen LogP contribution in [0.15, 0.2) is 22.7 Å². The minimum absolute atomic E-state index is 0.250. The van der Waals surface area contributed by atoms with E-state index in [4.69, 9.17) is 0 Å². The summed E-state index contributed by atoms with van der Waals surface area (Å²) in [5, 5.41) is 0. The maximum Gasteiger partial charge on any atom is 0.139 e. The highest BCUT2D eigenvalue weighted by atomic mass is 79.9. The van der Waals surface area contributed by atoms with E-state index in [0.717, 1.165) is 17.3 Å². The van der Waals surface area contributed by atoms with Gasteiger partial charge < -0.3 is 0 Å². The van der Waals surface area contributed by atoms with Gasteiger partial charge in [0, 0.05) is 10.9 Å². The molecule has 0 aliphatic carbocycles. The summed E-state index contributed by atoms with van der Waals surface area (Å²) in [6.07, 6.45) is 8.44. The molecule has 1 rings (SSSR count). The third-order valence-corrected chi connectivity index (χ3v) is 3.30. The molecule has 0 N–H and O–H groups in total. The van der Waals surface area contributed by atoms with Crippen molar-refractivity contribution in [3.05, 3.63) is 34.1 Å². The summed E-state index contributed by atoms with van der Waals surface area (Å²) in [6, 6.07) is 4.99. The van der Waals surface area contributed by atoms with Crippen LogP contribution in [0, 0.1) is 17.7 Å². The third kappa shape index (κ3) is 6.21. The van der Waals surface area contributed by atoms with E-state index in [1.807, 2.05) is 6.07 Å². The molecule has 0 aliphatic heterocycles. The lowest BCUT2D eigenvalue weighted by atomic mass is 10.1. The van der Waals surface area contributed by atoms with Gasteiger partial charge in [0.2, 0.25) is 0 Å². The van der Waals surface area contributed by atoms with Crippen molar-refractivity contribution in [1.29, 1.82) is 0 Å². The zero-order valence-electron chi connectivity index (χ0n) is 10.9. The molecule has 2 heteroatoms. The standard InChI is InChI=1S/C16H20BrF/c1-2-3-4-5-6-7-8-9-10-14-11-12-15(17)13-16(14)18/h11-13H,2-8H2,1H3. The smallest absolute Gasteiger partial charge is 0.139 e. The van der Waals surface area contributed by atoms with Gasteiger partial charge in [-0.05, 0) is 24.6 Å². The van der Waals surface area contributed by atoms with Crippen LogP contribution in [0.4, 0.5) is 4.39 Å². The second kappa shape index (κ2) is 9.16. The number of benzene rings is 1. The van der Waals surface area contributed by atoms with E-state index in [1.54, 1.807) is 6.07 Å². The molecule has 1 aromatic carbocycles. The highest BCUT2D eigenvalue weighted by molar-refractivity contribution is 9.10. The van der Waals surface area contributed by atoms with Crippen LogP contribution in [0.2, 0.25) is 0 Å². The summed E-state index contributed by atoms with van der Waals surface area (Å²) in [5.41, 5.74) is 0.490. The molecule has 18 heavy (non-hydrogen) atoms. The maximum absolute atomic E-state index is 13.4. The molecule has 0 saturated carbocycles. The van der Waals surface area contributed by atoms with Crippen LogP contribution in [0.5, 0.6) is 0 Å². The highest BCUT2D eigenvalue weighted by Gasteiger charge is 1.98. The minimum Gasteiger partial charge on any atom is -0.206 e. The van der Waals surface area contributed by atoms with Gasteiger partial charge >= 0.3 is 0 Å². The molecule has 0 heterocycles. The van der Waals surface area contributed by atoms with Crippen molar-refractivity contribution < 1.29 is 4.39 Å². The van der Waals surface area contributed by atoms with Crippen LogP contribution in [0.1, 0.15) is 57.4 Å². The minimum atomic E-state index is -0.250. The largest absolute Gasteiger partial charge is 0.206 e. The first-order valence-corrected chi connectivity index (χ1v) is 7.47. The highest BCUT2D eigenvalue weighted by Crippen LogP contribution is 2.14. The van der Waals surface area contributed by atoms with Crippen molar-refractivity contribution in [2.45, 2.75) is 51.9 Å². The number of hydrogen-bond donors (Lipinski definition) is 0. The fourth-order valence-electron chi connectivity index (χ4n) is 1.74. The Morgan fingerprint density at radius 1 is 1.11 bits per heavy atom.